The van der Waals surface area contributed by atoms with E-state index in [-0.39, 0.29) is 5.91 Å². The molecule has 28 heavy (non-hydrogen) atoms. The molecule has 0 bridgehead atoms. The van der Waals surface area contributed by atoms with Crippen molar-refractivity contribution in [2.75, 3.05) is 22.9 Å². The Morgan fingerprint density at radius 2 is 1.75 bits per heavy atom. The van der Waals surface area contributed by atoms with Crippen molar-refractivity contribution in [1.29, 1.82) is 0 Å². The van der Waals surface area contributed by atoms with Crippen LogP contribution in [0.5, 0.6) is 0 Å². The summed E-state index contributed by atoms with van der Waals surface area (Å²) in [5, 5.41) is 2.89. The van der Waals surface area contributed by atoms with E-state index >= 15 is 0 Å². The first kappa shape index (κ1) is 22.3. The van der Waals surface area contributed by atoms with Crippen molar-refractivity contribution < 1.29 is 13.2 Å². The number of thioether (sulfide) groups is 1. The Bertz CT molecular complexity index is 870. The van der Waals surface area contributed by atoms with Gasteiger partial charge in [-0.2, -0.15) is 11.8 Å². The summed E-state index contributed by atoms with van der Waals surface area (Å²) in [6.45, 7) is 4.41. The number of para-hydroxylation sites is 1. The topological polar surface area (TPSA) is 66.5 Å². The molecular weight excluding hydrogens is 392 g/mol. The van der Waals surface area contributed by atoms with Crippen LogP contribution in [0.3, 0.4) is 0 Å². The van der Waals surface area contributed by atoms with Gasteiger partial charge < -0.3 is 5.32 Å². The second-order valence-corrected chi connectivity index (χ2v) is 9.55. The maximum absolute atomic E-state index is 12.7. The van der Waals surface area contributed by atoms with E-state index < -0.39 is 16.1 Å². The molecule has 2 rings (SSSR count). The minimum atomic E-state index is -3.58. The van der Waals surface area contributed by atoms with Gasteiger partial charge in [-0.3, -0.25) is 9.10 Å². The van der Waals surface area contributed by atoms with E-state index in [1.165, 1.54) is 15.4 Å². The number of rotatable bonds is 10. The molecule has 0 aliphatic heterocycles. The van der Waals surface area contributed by atoms with Gasteiger partial charge in [0, 0.05) is 18.1 Å². The third kappa shape index (κ3) is 6.27. The molecule has 0 radical (unpaired) electrons. The summed E-state index contributed by atoms with van der Waals surface area (Å²) in [5.41, 5.74) is 3.05. The molecule has 0 spiro atoms. The highest BCUT2D eigenvalue weighted by Gasteiger charge is 2.31. The lowest BCUT2D eigenvalue weighted by Crippen LogP contribution is -2.49. The maximum atomic E-state index is 12.7. The van der Waals surface area contributed by atoms with Crippen LogP contribution in [-0.2, 0) is 20.6 Å². The van der Waals surface area contributed by atoms with E-state index in [1.807, 2.05) is 25.1 Å². The number of hydrogen-bond donors (Lipinski definition) is 1. The molecule has 2 aromatic carbocycles. The Labute approximate surface area is 172 Å². The van der Waals surface area contributed by atoms with E-state index in [4.69, 9.17) is 0 Å². The number of carbonyl (C=O) groups excluding carboxylic acids is 1. The molecule has 1 amide bonds. The average molecular weight is 421 g/mol. The average Bonchev–Trinajstić information content (AvgIpc) is 2.66. The summed E-state index contributed by atoms with van der Waals surface area (Å²) in [5.74, 6) is 1.38. The zero-order valence-corrected chi connectivity index (χ0v) is 18.2. The van der Waals surface area contributed by atoms with Crippen molar-refractivity contribution in [1.82, 2.24) is 5.32 Å². The van der Waals surface area contributed by atoms with Crippen LogP contribution >= 0.6 is 11.8 Å². The van der Waals surface area contributed by atoms with Crippen LogP contribution in [0.25, 0.3) is 0 Å². The summed E-state index contributed by atoms with van der Waals surface area (Å²) in [6, 6.07) is 16.2. The Kier molecular flexibility index (Phi) is 8.38. The number of nitrogens with one attached hydrogen (secondary N) is 1. The number of carbonyl (C=O) groups is 1. The summed E-state index contributed by atoms with van der Waals surface area (Å²) in [4.78, 5) is 12.7. The van der Waals surface area contributed by atoms with Gasteiger partial charge in [0.25, 0.3) is 0 Å². The van der Waals surface area contributed by atoms with Gasteiger partial charge in [-0.25, -0.2) is 8.42 Å². The molecule has 0 saturated heterocycles. The van der Waals surface area contributed by atoms with Gasteiger partial charge in [-0.05, 0) is 36.6 Å². The highest BCUT2D eigenvalue weighted by molar-refractivity contribution is 7.98. The number of aryl methyl sites for hydroxylation is 1. The van der Waals surface area contributed by atoms with Crippen molar-refractivity contribution in [3.8, 4) is 0 Å². The zero-order chi connectivity index (χ0) is 20.6. The number of nitrogens with zero attached hydrogens (tertiary/aromatic N) is 1. The molecule has 0 saturated carbocycles. The van der Waals surface area contributed by atoms with Crippen molar-refractivity contribution in [2.45, 2.75) is 32.1 Å². The lowest BCUT2D eigenvalue weighted by molar-refractivity contribution is -0.122. The molecule has 0 unspecified atom stereocenters. The van der Waals surface area contributed by atoms with Gasteiger partial charge in [0.2, 0.25) is 15.9 Å². The Morgan fingerprint density at radius 1 is 1.11 bits per heavy atom. The van der Waals surface area contributed by atoms with Crippen molar-refractivity contribution >= 4 is 33.4 Å². The standard InChI is InChI=1S/C21H28N2O3S2/c1-4-20(23(28(3,25)26)19-12-6-5-7-13-19)21(24)22-14-15-27-16-18-11-9-8-10-17(18)2/h5-13,20H,4,14-16H2,1-3H3,(H,22,24)/t20-/m1/s1. The summed E-state index contributed by atoms with van der Waals surface area (Å²) >= 11 is 1.75. The molecule has 7 heteroatoms. The molecule has 1 N–H and O–H groups in total. The highest BCUT2D eigenvalue weighted by atomic mass is 32.2. The molecule has 0 heterocycles. The summed E-state index contributed by atoms with van der Waals surface area (Å²) in [6.07, 6.45) is 1.53. The van der Waals surface area contributed by atoms with Crippen LogP contribution in [0.4, 0.5) is 5.69 Å². The molecular formula is C21H28N2O3S2. The zero-order valence-electron chi connectivity index (χ0n) is 16.6. The molecule has 0 aliphatic rings. The van der Waals surface area contributed by atoms with Crippen molar-refractivity contribution in [3.63, 3.8) is 0 Å². The number of amides is 1. The summed E-state index contributed by atoms with van der Waals surface area (Å²) < 4.78 is 25.9. The fourth-order valence-corrected chi connectivity index (χ4v) is 5.10. The molecule has 0 aliphatic carbocycles. The van der Waals surface area contributed by atoms with Crippen LogP contribution in [0.2, 0.25) is 0 Å². The molecule has 152 valence electrons. The summed E-state index contributed by atoms with van der Waals surface area (Å²) in [7, 11) is -3.58. The van der Waals surface area contributed by atoms with Gasteiger partial charge in [0.15, 0.2) is 0 Å². The Balaban J connectivity index is 1.94. The van der Waals surface area contributed by atoms with Crippen LogP contribution in [-0.4, -0.2) is 38.9 Å². The van der Waals surface area contributed by atoms with Gasteiger partial charge in [-0.15, -0.1) is 0 Å². The van der Waals surface area contributed by atoms with Crippen LogP contribution < -0.4 is 9.62 Å². The monoisotopic (exact) mass is 420 g/mol. The van der Waals surface area contributed by atoms with E-state index in [0.29, 0.717) is 18.7 Å². The first-order valence-electron chi connectivity index (χ1n) is 9.29. The first-order chi connectivity index (χ1) is 13.3. The SMILES string of the molecule is CC[C@H](C(=O)NCCSCc1ccccc1C)N(c1ccccc1)S(C)(=O)=O. The fourth-order valence-electron chi connectivity index (χ4n) is 2.95. The van der Waals surface area contributed by atoms with Crippen molar-refractivity contribution in [2.24, 2.45) is 0 Å². The maximum Gasteiger partial charge on any atom is 0.243 e. The third-order valence-electron chi connectivity index (χ3n) is 4.40. The second-order valence-electron chi connectivity index (χ2n) is 6.59. The van der Waals surface area contributed by atoms with Crippen molar-refractivity contribution in [3.05, 3.63) is 65.7 Å². The van der Waals surface area contributed by atoms with Gasteiger partial charge in [-0.1, -0.05) is 49.4 Å². The van der Waals surface area contributed by atoms with E-state index in [9.17, 15) is 13.2 Å². The number of hydrogen-bond acceptors (Lipinski definition) is 4. The van der Waals surface area contributed by atoms with Crippen LogP contribution in [0.15, 0.2) is 54.6 Å². The minimum absolute atomic E-state index is 0.270. The Morgan fingerprint density at radius 3 is 2.36 bits per heavy atom. The van der Waals surface area contributed by atoms with Gasteiger partial charge in [0.1, 0.15) is 6.04 Å². The first-order valence-corrected chi connectivity index (χ1v) is 12.3. The van der Waals surface area contributed by atoms with Crippen LogP contribution in [0, 0.1) is 6.92 Å². The second kappa shape index (κ2) is 10.5. The fraction of sp³-hybridized carbons (Fsp3) is 0.381. The van der Waals surface area contributed by atoms with Gasteiger partial charge >= 0.3 is 0 Å². The molecule has 5 nitrogen and oxygen atoms in total. The number of benzene rings is 2. The largest absolute Gasteiger partial charge is 0.353 e. The normalized spacial score (nSPS) is 12.4. The minimum Gasteiger partial charge on any atom is -0.353 e. The van der Waals surface area contributed by atoms with Crippen LogP contribution in [0.1, 0.15) is 24.5 Å². The molecule has 1 atom stereocenters. The lowest BCUT2D eigenvalue weighted by Gasteiger charge is -2.30. The predicted molar refractivity (Wildman–Crippen MR) is 118 cm³/mol. The molecule has 2 aromatic rings. The lowest BCUT2D eigenvalue weighted by atomic mass is 10.1. The number of sulfonamides is 1. The Hall–Kier alpha value is -1.99. The predicted octanol–water partition coefficient (Wildman–Crippen LogP) is 3.59. The molecule has 0 fully saturated rings. The highest BCUT2D eigenvalue weighted by Crippen LogP contribution is 2.22. The third-order valence-corrected chi connectivity index (χ3v) is 6.59. The number of anilines is 1. The van der Waals surface area contributed by atoms with E-state index in [1.54, 1.807) is 36.0 Å². The van der Waals surface area contributed by atoms with Gasteiger partial charge in [0.05, 0.1) is 11.9 Å². The molecule has 0 aromatic heterocycles. The van der Waals surface area contributed by atoms with E-state index in [0.717, 1.165) is 17.8 Å². The van der Waals surface area contributed by atoms with E-state index in [2.05, 4.69) is 24.4 Å². The quantitative estimate of drug-likeness (QED) is 0.597. The smallest absolute Gasteiger partial charge is 0.243 e.